The van der Waals surface area contributed by atoms with Crippen LogP contribution in [0.25, 0.3) is 0 Å². The third kappa shape index (κ3) is 4.95. The second-order valence-corrected chi connectivity index (χ2v) is 8.48. The van der Waals surface area contributed by atoms with Crippen molar-refractivity contribution in [3.63, 3.8) is 0 Å². The van der Waals surface area contributed by atoms with Crippen LogP contribution < -0.4 is 25.6 Å². The topological polar surface area (TPSA) is 82.7 Å². The number of nitrogens with zero attached hydrogens (tertiary/aromatic N) is 1. The Bertz CT molecular complexity index is 1010. The molecule has 3 N–H and O–H groups in total. The molecule has 1 heterocycles. The predicted octanol–water partition coefficient (Wildman–Crippen LogP) is 4.81. The molecule has 1 saturated carbocycles. The van der Waals surface area contributed by atoms with Gasteiger partial charge < -0.3 is 25.6 Å². The molecule has 0 radical (unpaired) electrons. The van der Waals surface area contributed by atoms with Crippen LogP contribution in [-0.4, -0.2) is 31.6 Å². The monoisotopic (exact) mass is 440 g/mol. The molecule has 0 bridgehead atoms. The first kappa shape index (κ1) is 21.9. The average molecular weight is 441 g/mol. The van der Waals surface area contributed by atoms with E-state index in [0.717, 1.165) is 18.4 Å². The smallest absolute Gasteiger partial charge is 0.319 e. The first-order chi connectivity index (χ1) is 15.4. The molecule has 2 aromatic rings. The lowest BCUT2D eigenvalue weighted by Gasteiger charge is -2.33. The minimum atomic E-state index is -0.441. The number of hydrogen-bond acceptors (Lipinski definition) is 4. The summed E-state index contributed by atoms with van der Waals surface area (Å²) in [7, 11) is 1.93. The first-order valence-electron chi connectivity index (χ1n) is 11.1. The number of fused-ring (bicyclic) bond motifs is 1. The zero-order chi connectivity index (χ0) is 22.7. The van der Waals surface area contributed by atoms with Gasteiger partial charge >= 0.3 is 6.03 Å². The van der Waals surface area contributed by atoms with Gasteiger partial charge in [0.05, 0.1) is 17.4 Å². The van der Waals surface area contributed by atoms with Gasteiger partial charge in [-0.05, 0) is 55.7 Å². The van der Waals surface area contributed by atoms with Gasteiger partial charge in [-0.2, -0.15) is 0 Å². The van der Waals surface area contributed by atoms with E-state index in [2.05, 4.69) is 16.0 Å². The molecule has 1 aliphatic heterocycles. The normalized spacial score (nSPS) is 16.9. The van der Waals surface area contributed by atoms with E-state index in [1.807, 2.05) is 24.9 Å². The van der Waals surface area contributed by atoms with Crippen LogP contribution in [0.3, 0.4) is 0 Å². The molecule has 4 rings (SSSR count). The molecule has 8 heteroatoms. The fourth-order valence-corrected chi connectivity index (χ4v) is 4.35. The first-order valence-corrected chi connectivity index (χ1v) is 11.1. The average Bonchev–Trinajstić information content (AvgIpc) is 2.78. The van der Waals surface area contributed by atoms with E-state index >= 15 is 0 Å². The lowest BCUT2D eigenvalue weighted by Crippen LogP contribution is -2.34. The maximum Gasteiger partial charge on any atom is 0.319 e. The molecule has 2 aromatic carbocycles. The molecular formula is C24H29FN4O3. The van der Waals surface area contributed by atoms with Gasteiger partial charge in [0.15, 0.2) is 6.61 Å². The number of ether oxygens (including phenoxy) is 1. The van der Waals surface area contributed by atoms with Crippen molar-refractivity contribution in [1.29, 1.82) is 0 Å². The third-order valence-corrected chi connectivity index (χ3v) is 6.19. The van der Waals surface area contributed by atoms with Gasteiger partial charge in [0, 0.05) is 18.8 Å². The molecule has 32 heavy (non-hydrogen) atoms. The number of carbonyl (C=O) groups excluding carboxylic acids is 2. The fourth-order valence-electron chi connectivity index (χ4n) is 4.35. The molecule has 3 amide bonds. The zero-order valence-corrected chi connectivity index (χ0v) is 18.4. The van der Waals surface area contributed by atoms with Crippen LogP contribution >= 0.6 is 0 Å². The molecule has 2 aliphatic rings. The van der Waals surface area contributed by atoms with Crippen LogP contribution in [-0.2, 0) is 4.79 Å². The van der Waals surface area contributed by atoms with Gasteiger partial charge in [-0.3, -0.25) is 4.79 Å². The fraction of sp³-hybridized carbons (Fsp3) is 0.417. The number of benzene rings is 2. The van der Waals surface area contributed by atoms with Crippen molar-refractivity contribution in [2.24, 2.45) is 0 Å². The second-order valence-electron chi connectivity index (χ2n) is 8.48. The highest BCUT2D eigenvalue weighted by Gasteiger charge is 2.21. The van der Waals surface area contributed by atoms with Crippen molar-refractivity contribution in [1.82, 2.24) is 5.32 Å². The summed E-state index contributed by atoms with van der Waals surface area (Å²) in [6, 6.07) is 9.73. The molecule has 0 unspecified atom stereocenters. The maximum atomic E-state index is 14.8. The largest absolute Gasteiger partial charge is 0.482 e. The van der Waals surface area contributed by atoms with Gasteiger partial charge in [-0.15, -0.1) is 0 Å². The Morgan fingerprint density at radius 2 is 1.97 bits per heavy atom. The van der Waals surface area contributed by atoms with Crippen molar-refractivity contribution in [2.75, 3.05) is 29.2 Å². The van der Waals surface area contributed by atoms with E-state index in [9.17, 15) is 14.0 Å². The van der Waals surface area contributed by atoms with Crippen molar-refractivity contribution in [3.05, 3.63) is 47.8 Å². The highest BCUT2D eigenvalue weighted by Crippen LogP contribution is 2.31. The number of carbonyl (C=O) groups is 2. The zero-order valence-electron chi connectivity index (χ0n) is 18.4. The van der Waals surface area contributed by atoms with E-state index in [0.29, 0.717) is 28.9 Å². The van der Waals surface area contributed by atoms with Crippen LogP contribution in [0.4, 0.5) is 26.2 Å². The van der Waals surface area contributed by atoms with E-state index in [4.69, 9.17) is 4.74 Å². The van der Waals surface area contributed by atoms with Gasteiger partial charge in [-0.25, -0.2) is 9.18 Å². The Balaban J connectivity index is 1.37. The molecule has 0 spiro atoms. The Morgan fingerprint density at radius 1 is 1.19 bits per heavy atom. The van der Waals surface area contributed by atoms with Gasteiger partial charge in [0.2, 0.25) is 0 Å². The van der Waals surface area contributed by atoms with E-state index < -0.39 is 6.03 Å². The quantitative estimate of drug-likeness (QED) is 0.623. The van der Waals surface area contributed by atoms with Crippen molar-refractivity contribution in [2.45, 2.75) is 51.1 Å². The number of amides is 3. The summed E-state index contributed by atoms with van der Waals surface area (Å²) >= 11 is 0. The highest BCUT2D eigenvalue weighted by molar-refractivity contribution is 5.95. The molecular weight excluding hydrogens is 411 g/mol. The maximum absolute atomic E-state index is 14.8. The SMILES string of the molecule is C[C@@H](NC(=O)Nc1ccc(N(C)C2CCCCC2)c(F)c1)c1ccc2c(c1)NC(=O)CO2. The van der Waals surface area contributed by atoms with Crippen molar-refractivity contribution >= 4 is 29.0 Å². The Kier molecular flexibility index (Phi) is 6.48. The number of anilines is 3. The molecule has 7 nitrogen and oxygen atoms in total. The summed E-state index contributed by atoms with van der Waals surface area (Å²) in [5.41, 5.74) is 2.32. The molecule has 1 atom stereocenters. The summed E-state index contributed by atoms with van der Waals surface area (Å²) in [6.07, 6.45) is 5.76. The Hall–Kier alpha value is -3.29. The van der Waals surface area contributed by atoms with Crippen LogP contribution in [0.15, 0.2) is 36.4 Å². The van der Waals surface area contributed by atoms with Gasteiger partial charge in [0.25, 0.3) is 5.91 Å². The number of hydrogen-bond donors (Lipinski definition) is 3. The van der Waals surface area contributed by atoms with Crippen molar-refractivity contribution in [3.8, 4) is 5.75 Å². The minimum absolute atomic E-state index is 0.00560. The summed E-state index contributed by atoms with van der Waals surface area (Å²) in [6.45, 7) is 1.82. The minimum Gasteiger partial charge on any atom is -0.482 e. The molecule has 0 aromatic heterocycles. The van der Waals surface area contributed by atoms with Crippen LogP contribution in [0.2, 0.25) is 0 Å². The van der Waals surface area contributed by atoms with E-state index in [1.165, 1.54) is 25.3 Å². The van der Waals surface area contributed by atoms with E-state index in [1.54, 1.807) is 24.3 Å². The third-order valence-electron chi connectivity index (χ3n) is 6.19. The van der Waals surface area contributed by atoms with E-state index in [-0.39, 0.29) is 24.4 Å². The van der Waals surface area contributed by atoms with Crippen LogP contribution in [0.5, 0.6) is 5.75 Å². The number of urea groups is 1. The second kappa shape index (κ2) is 9.46. The highest BCUT2D eigenvalue weighted by atomic mass is 19.1. The lowest BCUT2D eigenvalue weighted by atomic mass is 9.94. The summed E-state index contributed by atoms with van der Waals surface area (Å²) < 4.78 is 20.1. The molecule has 1 aliphatic carbocycles. The molecule has 170 valence electrons. The van der Waals surface area contributed by atoms with Crippen LogP contribution in [0, 0.1) is 5.82 Å². The predicted molar refractivity (Wildman–Crippen MR) is 123 cm³/mol. The number of halogens is 1. The summed E-state index contributed by atoms with van der Waals surface area (Å²) in [5.74, 6) is 0.0284. The summed E-state index contributed by atoms with van der Waals surface area (Å²) in [4.78, 5) is 26.0. The van der Waals surface area contributed by atoms with Gasteiger partial charge in [-0.1, -0.05) is 25.3 Å². The number of nitrogens with one attached hydrogen (secondary N) is 3. The van der Waals surface area contributed by atoms with Crippen LogP contribution in [0.1, 0.15) is 50.6 Å². The summed E-state index contributed by atoms with van der Waals surface area (Å²) in [5, 5.41) is 8.28. The van der Waals surface area contributed by atoms with Gasteiger partial charge in [0.1, 0.15) is 11.6 Å². The standard InChI is InChI=1S/C24H29FN4O3/c1-15(16-8-11-22-20(12-16)28-23(30)14-32-22)26-24(31)27-17-9-10-21(19(25)13-17)29(2)18-6-4-3-5-7-18/h8-13,15,18H,3-7,14H2,1-2H3,(H,28,30)(H2,26,27,31)/t15-/m1/s1. The Morgan fingerprint density at radius 3 is 2.72 bits per heavy atom. The molecule has 0 saturated heterocycles. The number of rotatable bonds is 5. The van der Waals surface area contributed by atoms with Crippen molar-refractivity contribution < 1.29 is 18.7 Å². The lowest BCUT2D eigenvalue weighted by molar-refractivity contribution is -0.118. The Labute approximate surface area is 187 Å². The molecule has 1 fully saturated rings.